The zero-order chi connectivity index (χ0) is 18.7. The van der Waals surface area contributed by atoms with E-state index in [-0.39, 0.29) is 37.8 Å². The van der Waals surface area contributed by atoms with Gasteiger partial charge in [-0.2, -0.15) is 0 Å². The van der Waals surface area contributed by atoms with Crippen molar-refractivity contribution in [1.29, 1.82) is 0 Å². The average molecular weight is 344 g/mol. The predicted molar refractivity (Wildman–Crippen MR) is 83.7 cm³/mol. The van der Waals surface area contributed by atoms with E-state index in [9.17, 15) is 24.0 Å². The fourth-order valence-corrected chi connectivity index (χ4v) is 1.61. The zero-order valence-electron chi connectivity index (χ0n) is 14.0. The Morgan fingerprint density at radius 2 is 1.46 bits per heavy atom. The lowest BCUT2D eigenvalue weighted by Crippen LogP contribution is -2.53. The molecule has 4 amide bonds. The zero-order valence-corrected chi connectivity index (χ0v) is 14.0. The normalized spacial score (nSPS) is 11.3. The third-order valence-electron chi connectivity index (χ3n) is 2.98. The van der Waals surface area contributed by atoms with Gasteiger partial charge in [0.25, 0.3) is 0 Å². The van der Waals surface area contributed by atoms with Crippen LogP contribution in [-0.2, 0) is 24.0 Å². The molecule has 0 aromatic heterocycles. The molecule has 24 heavy (non-hydrogen) atoms. The molecular weight excluding hydrogens is 320 g/mol. The molecule has 0 fully saturated rings. The van der Waals surface area contributed by atoms with E-state index in [1.807, 2.05) is 0 Å². The summed E-state index contributed by atoms with van der Waals surface area (Å²) in [6, 6.07) is -0.863. The van der Waals surface area contributed by atoms with E-state index in [1.54, 1.807) is 13.8 Å². The third kappa shape index (κ3) is 9.38. The smallest absolute Gasteiger partial charge is 0.303 e. The van der Waals surface area contributed by atoms with E-state index in [0.717, 1.165) is 0 Å². The number of carboxylic acid groups (broad SMARTS) is 1. The summed E-state index contributed by atoms with van der Waals surface area (Å²) in [5.41, 5.74) is 0. The quantitative estimate of drug-likeness (QED) is 0.308. The van der Waals surface area contributed by atoms with Crippen molar-refractivity contribution in [2.45, 2.75) is 32.7 Å². The van der Waals surface area contributed by atoms with Crippen LogP contribution < -0.4 is 21.3 Å². The second-order valence-corrected chi connectivity index (χ2v) is 5.35. The summed E-state index contributed by atoms with van der Waals surface area (Å²) in [4.78, 5) is 56.6. The molecule has 10 nitrogen and oxygen atoms in total. The number of carbonyl (C=O) groups is 5. The van der Waals surface area contributed by atoms with Crippen molar-refractivity contribution in [3.05, 3.63) is 0 Å². The van der Waals surface area contributed by atoms with Crippen LogP contribution in [0.2, 0.25) is 0 Å². The van der Waals surface area contributed by atoms with Gasteiger partial charge in [0.1, 0.15) is 6.04 Å². The van der Waals surface area contributed by atoms with Gasteiger partial charge in [0, 0.05) is 13.5 Å². The van der Waals surface area contributed by atoms with Crippen molar-refractivity contribution in [2.75, 3.05) is 20.1 Å². The molecular formula is C14H24N4O6. The highest BCUT2D eigenvalue weighted by Crippen LogP contribution is 2.01. The number of hydrogen-bond acceptors (Lipinski definition) is 5. The first kappa shape index (κ1) is 21.4. The Morgan fingerprint density at radius 3 is 1.96 bits per heavy atom. The van der Waals surface area contributed by atoms with Gasteiger partial charge >= 0.3 is 5.97 Å². The maximum atomic E-state index is 12.0. The van der Waals surface area contributed by atoms with Crippen molar-refractivity contribution in [3.8, 4) is 0 Å². The lowest BCUT2D eigenvalue weighted by molar-refractivity contribution is -0.139. The van der Waals surface area contributed by atoms with Crippen LogP contribution in [0.5, 0.6) is 0 Å². The fourth-order valence-electron chi connectivity index (χ4n) is 1.61. The van der Waals surface area contributed by atoms with Crippen LogP contribution >= 0.6 is 0 Å². The van der Waals surface area contributed by atoms with Crippen molar-refractivity contribution < 1.29 is 29.1 Å². The number of nitrogens with one attached hydrogen (secondary N) is 4. The molecule has 136 valence electrons. The van der Waals surface area contributed by atoms with Gasteiger partial charge in [0.2, 0.25) is 23.6 Å². The molecule has 0 unspecified atom stereocenters. The molecule has 0 aliphatic heterocycles. The molecule has 5 N–H and O–H groups in total. The first-order valence-corrected chi connectivity index (χ1v) is 7.43. The number of likely N-dealkylation sites (N-methyl/N-ethyl adjacent to an activating group) is 1. The standard InChI is InChI=1S/C14H24N4O6/c1-8(2)13(14(24)17-6-10(20)15-3)18-11(21)7-16-9(19)4-5-12(22)23/h8,13H,4-7H2,1-3H3,(H,15,20)(H,16,19)(H,17,24)(H,18,21)(H,22,23)/t13-/m0/s1. The lowest BCUT2D eigenvalue weighted by Gasteiger charge is -2.21. The van der Waals surface area contributed by atoms with E-state index in [0.29, 0.717) is 0 Å². The molecule has 0 bridgehead atoms. The molecule has 0 heterocycles. The fraction of sp³-hybridized carbons (Fsp3) is 0.643. The first-order valence-electron chi connectivity index (χ1n) is 7.43. The van der Waals surface area contributed by atoms with Gasteiger partial charge in [0.15, 0.2) is 0 Å². The van der Waals surface area contributed by atoms with Crippen molar-refractivity contribution in [2.24, 2.45) is 5.92 Å². The number of aliphatic carboxylic acids is 1. The Morgan fingerprint density at radius 1 is 0.875 bits per heavy atom. The molecule has 0 rings (SSSR count). The Labute approximate surface area is 139 Å². The summed E-state index contributed by atoms with van der Waals surface area (Å²) < 4.78 is 0. The van der Waals surface area contributed by atoms with Crippen LogP contribution in [0.3, 0.4) is 0 Å². The molecule has 0 aliphatic carbocycles. The minimum Gasteiger partial charge on any atom is -0.481 e. The Kier molecular flexibility index (Phi) is 9.76. The molecule has 0 aliphatic rings. The number of amides is 4. The van der Waals surface area contributed by atoms with Gasteiger partial charge in [-0.05, 0) is 5.92 Å². The molecule has 0 saturated heterocycles. The Bertz CT molecular complexity index is 492. The topological polar surface area (TPSA) is 154 Å². The van der Waals surface area contributed by atoms with Gasteiger partial charge in [-0.1, -0.05) is 13.8 Å². The van der Waals surface area contributed by atoms with Gasteiger partial charge in [-0.15, -0.1) is 0 Å². The molecule has 0 saturated carbocycles. The van der Waals surface area contributed by atoms with Crippen molar-refractivity contribution in [3.63, 3.8) is 0 Å². The SMILES string of the molecule is CNC(=O)CNC(=O)[C@@H](NC(=O)CNC(=O)CCC(=O)O)C(C)C. The van der Waals surface area contributed by atoms with Gasteiger partial charge < -0.3 is 26.4 Å². The third-order valence-corrected chi connectivity index (χ3v) is 2.98. The second-order valence-electron chi connectivity index (χ2n) is 5.35. The van der Waals surface area contributed by atoms with Gasteiger partial charge in [-0.3, -0.25) is 24.0 Å². The largest absolute Gasteiger partial charge is 0.481 e. The monoisotopic (exact) mass is 344 g/mol. The second kappa shape index (κ2) is 11.0. The number of hydrogen-bond donors (Lipinski definition) is 5. The van der Waals surface area contributed by atoms with Gasteiger partial charge in [0.05, 0.1) is 19.5 Å². The molecule has 0 aromatic rings. The van der Waals surface area contributed by atoms with Crippen LogP contribution in [-0.4, -0.2) is 60.9 Å². The minimum absolute atomic E-state index is 0.208. The summed E-state index contributed by atoms with van der Waals surface area (Å²) in [6.45, 7) is 2.86. The highest BCUT2D eigenvalue weighted by Gasteiger charge is 2.24. The summed E-state index contributed by atoms with van der Waals surface area (Å²) in [5.74, 6) is -3.39. The van der Waals surface area contributed by atoms with Crippen LogP contribution in [0.4, 0.5) is 0 Å². The summed E-state index contributed by atoms with van der Waals surface area (Å²) in [5, 5.41) is 17.9. The van der Waals surface area contributed by atoms with Crippen LogP contribution in [0.25, 0.3) is 0 Å². The van der Waals surface area contributed by atoms with Crippen LogP contribution in [0, 0.1) is 5.92 Å². The number of carboxylic acids is 1. The number of rotatable bonds is 10. The maximum absolute atomic E-state index is 12.0. The molecule has 0 radical (unpaired) electrons. The molecule has 0 aromatic carbocycles. The Balaban J connectivity index is 4.37. The van der Waals surface area contributed by atoms with E-state index >= 15 is 0 Å². The lowest BCUT2D eigenvalue weighted by atomic mass is 10.0. The van der Waals surface area contributed by atoms with Crippen molar-refractivity contribution in [1.82, 2.24) is 21.3 Å². The Hall–Kier alpha value is -2.65. The number of carbonyl (C=O) groups excluding carboxylic acids is 4. The summed E-state index contributed by atoms with van der Waals surface area (Å²) >= 11 is 0. The minimum atomic E-state index is -1.11. The average Bonchev–Trinajstić information content (AvgIpc) is 2.52. The highest BCUT2D eigenvalue weighted by molar-refractivity contribution is 5.92. The van der Waals surface area contributed by atoms with Gasteiger partial charge in [-0.25, -0.2) is 0 Å². The van der Waals surface area contributed by atoms with Crippen LogP contribution in [0.15, 0.2) is 0 Å². The van der Waals surface area contributed by atoms with E-state index < -0.39 is 29.7 Å². The van der Waals surface area contributed by atoms with E-state index in [1.165, 1.54) is 7.05 Å². The molecule has 10 heteroatoms. The van der Waals surface area contributed by atoms with E-state index in [2.05, 4.69) is 21.3 Å². The highest BCUT2D eigenvalue weighted by atomic mass is 16.4. The first-order chi connectivity index (χ1) is 11.2. The predicted octanol–water partition coefficient (Wildman–Crippen LogP) is -2.03. The molecule has 1 atom stereocenters. The van der Waals surface area contributed by atoms with Crippen LogP contribution in [0.1, 0.15) is 26.7 Å². The van der Waals surface area contributed by atoms with E-state index in [4.69, 9.17) is 5.11 Å². The molecule has 0 spiro atoms. The summed E-state index contributed by atoms with van der Waals surface area (Å²) in [6.07, 6.45) is -0.563. The maximum Gasteiger partial charge on any atom is 0.303 e. The summed E-state index contributed by atoms with van der Waals surface area (Å²) in [7, 11) is 1.43. The van der Waals surface area contributed by atoms with Crippen molar-refractivity contribution >= 4 is 29.6 Å².